The third kappa shape index (κ3) is 6.23. The van der Waals surface area contributed by atoms with Gasteiger partial charge in [0.2, 0.25) is 0 Å². The fourth-order valence-electron chi connectivity index (χ4n) is 5.17. The van der Waals surface area contributed by atoms with Crippen molar-refractivity contribution < 1.29 is 23.9 Å². The number of esters is 1. The molecule has 2 fully saturated rings. The van der Waals surface area contributed by atoms with Crippen molar-refractivity contribution in [3.63, 3.8) is 0 Å². The number of ether oxygens (including phenoxy) is 1. The van der Waals surface area contributed by atoms with E-state index in [0.717, 1.165) is 32.1 Å². The van der Waals surface area contributed by atoms with Gasteiger partial charge in [0.1, 0.15) is 12.2 Å². The molecule has 0 aromatic heterocycles. The van der Waals surface area contributed by atoms with Crippen molar-refractivity contribution in [3.05, 3.63) is 0 Å². The van der Waals surface area contributed by atoms with Gasteiger partial charge >= 0.3 is 5.97 Å². The second-order valence-corrected chi connectivity index (χ2v) is 17.0. The van der Waals surface area contributed by atoms with Crippen LogP contribution in [0.5, 0.6) is 0 Å². The van der Waals surface area contributed by atoms with Crippen molar-refractivity contribution in [2.75, 3.05) is 0 Å². The highest BCUT2D eigenvalue weighted by Gasteiger charge is 2.46. The summed E-state index contributed by atoms with van der Waals surface area (Å²) in [4.78, 5) is 26.0. The lowest BCUT2D eigenvalue weighted by Crippen LogP contribution is -2.52. The van der Waals surface area contributed by atoms with Crippen LogP contribution in [-0.2, 0) is 18.8 Å². The van der Waals surface area contributed by atoms with E-state index in [2.05, 4.69) is 40.8 Å². The van der Waals surface area contributed by atoms with E-state index in [1.54, 1.807) is 0 Å². The van der Waals surface area contributed by atoms with Crippen molar-refractivity contribution in [3.8, 4) is 0 Å². The van der Waals surface area contributed by atoms with Gasteiger partial charge in [0, 0.05) is 11.8 Å². The molecule has 186 valence electrons. The fraction of sp³-hybridized carbons (Fsp3) is 0.923. The van der Waals surface area contributed by atoms with Gasteiger partial charge in [-0.3, -0.25) is 9.59 Å². The molecule has 0 spiro atoms. The summed E-state index contributed by atoms with van der Waals surface area (Å²) in [6.45, 7) is 18.7. The zero-order chi connectivity index (χ0) is 24.4. The summed E-state index contributed by atoms with van der Waals surface area (Å²) in [6.07, 6.45) is 4.57. The number of aliphatic hydroxyl groups excluding tert-OH is 1. The van der Waals surface area contributed by atoms with Crippen LogP contribution in [0.1, 0.15) is 87.0 Å². The van der Waals surface area contributed by atoms with E-state index in [1.807, 2.05) is 20.8 Å². The Balaban J connectivity index is 2.20. The lowest BCUT2D eigenvalue weighted by molar-refractivity contribution is -0.173. The zero-order valence-electron chi connectivity index (χ0n) is 21.9. The standard InChI is InChI=1S/C26H48O5Si/c1-16-15-17(2)25(29)30-23(16)19(4)21(27)18(3)22(28)24(20-13-11-10-12-14-20)31-32(8,9)26(5,6)7/h16-21,23-24,27H,10-15H2,1-9H3/t16-,17+,18+,19-,21+,23-,24-/m0/s1. The Morgan fingerprint density at radius 3 is 2.22 bits per heavy atom. The number of cyclic esters (lactones) is 1. The van der Waals surface area contributed by atoms with Crippen LogP contribution in [0.2, 0.25) is 18.1 Å². The normalized spacial score (nSPS) is 29.7. The Kier molecular flexibility index (Phi) is 9.19. The first kappa shape index (κ1) is 27.5. The molecule has 32 heavy (non-hydrogen) atoms. The predicted molar refractivity (Wildman–Crippen MR) is 131 cm³/mol. The number of aliphatic hydroxyl groups is 1. The molecule has 1 saturated heterocycles. The summed E-state index contributed by atoms with van der Waals surface area (Å²) in [7, 11) is -2.15. The van der Waals surface area contributed by atoms with Gasteiger partial charge in [-0.2, -0.15) is 0 Å². The van der Waals surface area contributed by atoms with E-state index in [9.17, 15) is 14.7 Å². The molecule has 1 aliphatic heterocycles. The lowest BCUT2D eigenvalue weighted by Gasteiger charge is -2.43. The average molecular weight is 469 g/mol. The highest BCUT2D eigenvalue weighted by molar-refractivity contribution is 6.74. The quantitative estimate of drug-likeness (QED) is 0.363. The second-order valence-electron chi connectivity index (χ2n) is 12.3. The lowest BCUT2D eigenvalue weighted by atomic mass is 9.76. The maximum absolute atomic E-state index is 13.8. The van der Waals surface area contributed by atoms with Crippen LogP contribution in [0, 0.1) is 29.6 Å². The zero-order valence-corrected chi connectivity index (χ0v) is 22.9. The molecule has 7 atom stereocenters. The summed E-state index contributed by atoms with van der Waals surface area (Å²) < 4.78 is 12.4. The monoisotopic (exact) mass is 468 g/mol. The first-order chi connectivity index (χ1) is 14.7. The summed E-state index contributed by atoms with van der Waals surface area (Å²) >= 11 is 0. The number of hydrogen-bond acceptors (Lipinski definition) is 5. The average Bonchev–Trinajstić information content (AvgIpc) is 2.72. The molecule has 1 saturated carbocycles. The van der Waals surface area contributed by atoms with Crippen LogP contribution in [0.4, 0.5) is 0 Å². The van der Waals surface area contributed by atoms with Gasteiger partial charge in [-0.15, -0.1) is 0 Å². The third-order valence-corrected chi connectivity index (χ3v) is 13.0. The van der Waals surface area contributed by atoms with E-state index in [1.165, 1.54) is 6.42 Å². The van der Waals surface area contributed by atoms with E-state index in [4.69, 9.17) is 9.16 Å². The highest BCUT2D eigenvalue weighted by atomic mass is 28.4. The Morgan fingerprint density at radius 2 is 1.69 bits per heavy atom. The van der Waals surface area contributed by atoms with Gasteiger partial charge in [-0.25, -0.2) is 0 Å². The summed E-state index contributed by atoms with van der Waals surface area (Å²) in [5.74, 6) is -0.780. The maximum Gasteiger partial charge on any atom is 0.308 e. The van der Waals surface area contributed by atoms with E-state index in [-0.39, 0.29) is 46.6 Å². The molecular weight excluding hydrogens is 420 g/mol. The first-order valence-corrected chi connectivity index (χ1v) is 15.7. The molecule has 0 unspecified atom stereocenters. The van der Waals surface area contributed by atoms with Gasteiger partial charge in [-0.1, -0.05) is 67.7 Å². The molecule has 1 N–H and O–H groups in total. The van der Waals surface area contributed by atoms with Crippen molar-refractivity contribution in [1.82, 2.24) is 0 Å². The van der Waals surface area contributed by atoms with E-state index < -0.39 is 26.4 Å². The molecule has 6 heteroatoms. The van der Waals surface area contributed by atoms with Crippen molar-refractivity contribution >= 4 is 20.1 Å². The molecule has 1 heterocycles. The van der Waals surface area contributed by atoms with Crippen molar-refractivity contribution in [2.24, 2.45) is 29.6 Å². The predicted octanol–water partition coefficient (Wildman–Crippen LogP) is 5.75. The fourth-order valence-corrected chi connectivity index (χ4v) is 6.47. The number of rotatable bonds is 8. The van der Waals surface area contributed by atoms with Crippen molar-refractivity contribution in [2.45, 2.75) is 123 Å². The van der Waals surface area contributed by atoms with Gasteiger partial charge in [0.15, 0.2) is 14.1 Å². The van der Waals surface area contributed by atoms with Gasteiger partial charge in [-0.05, 0) is 49.2 Å². The molecular formula is C26H48O5Si. The van der Waals surface area contributed by atoms with Crippen LogP contribution in [0.3, 0.4) is 0 Å². The minimum Gasteiger partial charge on any atom is -0.461 e. The number of carbonyl (C=O) groups excluding carboxylic acids is 2. The molecule has 1 aliphatic carbocycles. The summed E-state index contributed by atoms with van der Waals surface area (Å²) in [6, 6.07) is 0. The number of ketones is 1. The van der Waals surface area contributed by atoms with Crippen molar-refractivity contribution in [1.29, 1.82) is 0 Å². The van der Waals surface area contributed by atoms with Crippen LogP contribution >= 0.6 is 0 Å². The largest absolute Gasteiger partial charge is 0.461 e. The molecule has 0 radical (unpaired) electrons. The summed E-state index contributed by atoms with van der Waals surface area (Å²) in [5.41, 5.74) is 0. The van der Waals surface area contributed by atoms with Gasteiger partial charge in [0.05, 0.1) is 12.0 Å². The van der Waals surface area contributed by atoms with Crippen LogP contribution in [-0.4, -0.2) is 43.5 Å². The molecule has 0 aromatic rings. The number of hydrogen-bond donors (Lipinski definition) is 1. The second kappa shape index (κ2) is 10.7. The number of carbonyl (C=O) groups is 2. The summed E-state index contributed by atoms with van der Waals surface area (Å²) in [5, 5.41) is 11.2. The Labute approximate surface area is 197 Å². The minimum absolute atomic E-state index is 0.0117. The Hall–Kier alpha value is -0.723. The van der Waals surface area contributed by atoms with Crippen LogP contribution in [0.25, 0.3) is 0 Å². The third-order valence-electron chi connectivity index (χ3n) is 8.54. The first-order valence-electron chi connectivity index (χ1n) is 12.8. The molecule has 0 bridgehead atoms. The molecule has 5 nitrogen and oxygen atoms in total. The molecule has 0 amide bonds. The minimum atomic E-state index is -2.15. The van der Waals surface area contributed by atoms with E-state index >= 15 is 0 Å². The Morgan fingerprint density at radius 1 is 1.12 bits per heavy atom. The van der Waals surface area contributed by atoms with Crippen LogP contribution in [0.15, 0.2) is 0 Å². The van der Waals surface area contributed by atoms with Gasteiger partial charge in [0.25, 0.3) is 0 Å². The van der Waals surface area contributed by atoms with Crippen LogP contribution < -0.4 is 0 Å². The maximum atomic E-state index is 13.8. The smallest absolute Gasteiger partial charge is 0.308 e. The van der Waals surface area contributed by atoms with E-state index in [0.29, 0.717) is 0 Å². The molecule has 2 rings (SSSR count). The highest BCUT2D eigenvalue weighted by Crippen LogP contribution is 2.41. The molecule has 0 aromatic carbocycles. The van der Waals surface area contributed by atoms with Gasteiger partial charge < -0.3 is 14.3 Å². The SMILES string of the molecule is C[C@@H]([C@H](O)[C@@H](C)C(=O)[C@@H](O[Si](C)(C)C(C)(C)C)C1CCCCC1)[C@H]1OC(=O)[C@H](C)C[C@@H]1C. The topological polar surface area (TPSA) is 72.8 Å². The Bertz CT molecular complexity index is 649. The molecule has 2 aliphatic rings. The number of Topliss-reactive ketones (excluding diaryl/α,β-unsaturated/α-hetero) is 1.